The van der Waals surface area contributed by atoms with Gasteiger partial charge in [0.2, 0.25) is 0 Å². The Morgan fingerprint density at radius 3 is 2.18 bits per heavy atom. The van der Waals surface area contributed by atoms with Gasteiger partial charge in [0.05, 0.1) is 0 Å². The zero-order valence-corrected chi connectivity index (χ0v) is 15.5. The molecule has 0 bridgehead atoms. The average Bonchev–Trinajstić information content (AvgIpc) is 3.05. The van der Waals surface area contributed by atoms with Gasteiger partial charge in [0.1, 0.15) is 12.6 Å². The van der Waals surface area contributed by atoms with E-state index in [1.54, 1.807) is 0 Å². The van der Waals surface area contributed by atoms with Crippen LogP contribution < -0.4 is 5.32 Å². The zero-order valence-electron chi connectivity index (χ0n) is 15.5. The van der Waals surface area contributed by atoms with E-state index in [-0.39, 0.29) is 18.4 Å². The van der Waals surface area contributed by atoms with E-state index in [4.69, 9.17) is 9.47 Å². The summed E-state index contributed by atoms with van der Waals surface area (Å²) in [6.07, 6.45) is 0.530. The van der Waals surface area contributed by atoms with Crippen LogP contribution >= 0.6 is 0 Å². The SMILES string of the molecule is O=C(N[C@H](C(=O)O)C1CCOCC1)OCC1c2ccccc2-c2ccccc21. The highest BCUT2D eigenvalue weighted by Crippen LogP contribution is 2.44. The number of amides is 1. The summed E-state index contributed by atoms with van der Waals surface area (Å²) in [6.45, 7) is 1.20. The number of carbonyl (C=O) groups is 2. The Morgan fingerprint density at radius 1 is 1.04 bits per heavy atom. The average molecular weight is 381 g/mol. The number of fused-ring (bicyclic) bond motifs is 3. The molecule has 1 aliphatic carbocycles. The molecule has 6 heteroatoms. The van der Waals surface area contributed by atoms with Gasteiger partial charge in [-0.3, -0.25) is 0 Å². The van der Waals surface area contributed by atoms with Gasteiger partial charge in [-0.2, -0.15) is 0 Å². The molecule has 2 aliphatic rings. The van der Waals surface area contributed by atoms with Crippen LogP contribution in [0.1, 0.15) is 29.9 Å². The lowest BCUT2D eigenvalue weighted by Gasteiger charge is -2.28. The van der Waals surface area contributed by atoms with Crippen LogP contribution in [0.4, 0.5) is 4.79 Å². The van der Waals surface area contributed by atoms with Gasteiger partial charge in [-0.05, 0) is 41.0 Å². The maximum atomic E-state index is 12.4. The first-order valence-corrected chi connectivity index (χ1v) is 9.57. The molecule has 0 radical (unpaired) electrons. The largest absolute Gasteiger partial charge is 0.480 e. The van der Waals surface area contributed by atoms with Gasteiger partial charge in [-0.1, -0.05) is 48.5 Å². The third kappa shape index (κ3) is 3.60. The van der Waals surface area contributed by atoms with E-state index in [0.29, 0.717) is 26.1 Å². The first-order chi connectivity index (χ1) is 13.6. The van der Waals surface area contributed by atoms with Gasteiger partial charge in [-0.15, -0.1) is 0 Å². The summed E-state index contributed by atoms with van der Waals surface area (Å²) in [5, 5.41) is 12.0. The molecule has 1 saturated heterocycles. The van der Waals surface area contributed by atoms with Crippen LogP contribution in [0.5, 0.6) is 0 Å². The van der Waals surface area contributed by atoms with Crippen molar-refractivity contribution in [2.75, 3.05) is 19.8 Å². The number of rotatable bonds is 5. The highest BCUT2D eigenvalue weighted by molar-refractivity contribution is 5.81. The van der Waals surface area contributed by atoms with Crippen molar-refractivity contribution in [3.05, 3.63) is 59.7 Å². The van der Waals surface area contributed by atoms with Crippen molar-refractivity contribution in [2.24, 2.45) is 5.92 Å². The molecule has 1 fully saturated rings. The Morgan fingerprint density at radius 2 is 1.61 bits per heavy atom. The summed E-state index contributed by atoms with van der Waals surface area (Å²) >= 11 is 0. The van der Waals surface area contributed by atoms with Crippen LogP contribution in [0, 0.1) is 5.92 Å². The van der Waals surface area contributed by atoms with Gasteiger partial charge in [0.15, 0.2) is 0 Å². The standard InChI is InChI=1S/C22H23NO5/c24-21(25)20(14-9-11-27-12-10-14)23-22(26)28-13-19-17-7-3-1-5-15(17)16-6-2-4-8-18(16)19/h1-8,14,19-20H,9-13H2,(H,23,26)(H,24,25)/t20-/m0/s1. The maximum absolute atomic E-state index is 12.4. The minimum Gasteiger partial charge on any atom is -0.480 e. The van der Waals surface area contributed by atoms with Crippen molar-refractivity contribution >= 4 is 12.1 Å². The molecule has 0 aromatic heterocycles. The molecular weight excluding hydrogens is 358 g/mol. The zero-order chi connectivity index (χ0) is 19.5. The molecule has 146 valence electrons. The summed E-state index contributed by atoms with van der Waals surface area (Å²) in [5.41, 5.74) is 4.54. The number of benzene rings is 2. The van der Waals surface area contributed by atoms with Crippen molar-refractivity contribution in [2.45, 2.75) is 24.8 Å². The molecule has 1 aliphatic heterocycles. The monoisotopic (exact) mass is 381 g/mol. The fourth-order valence-corrected chi connectivity index (χ4v) is 4.20. The molecule has 4 rings (SSSR count). The summed E-state index contributed by atoms with van der Waals surface area (Å²) in [6, 6.07) is 15.2. The quantitative estimate of drug-likeness (QED) is 0.829. The van der Waals surface area contributed by atoms with Gasteiger partial charge in [0, 0.05) is 19.1 Å². The second-order valence-corrected chi connectivity index (χ2v) is 7.24. The Labute approximate surface area is 163 Å². The number of carboxylic acids is 1. The number of ether oxygens (including phenoxy) is 2. The van der Waals surface area contributed by atoms with E-state index >= 15 is 0 Å². The fourth-order valence-electron chi connectivity index (χ4n) is 4.20. The van der Waals surface area contributed by atoms with E-state index in [9.17, 15) is 14.7 Å². The van der Waals surface area contributed by atoms with Crippen molar-refractivity contribution < 1.29 is 24.2 Å². The molecular formula is C22H23NO5. The maximum Gasteiger partial charge on any atom is 0.407 e. The van der Waals surface area contributed by atoms with Crippen LogP contribution in [0.25, 0.3) is 11.1 Å². The molecule has 0 saturated carbocycles. The number of carbonyl (C=O) groups excluding carboxylic acids is 1. The first kappa shape index (κ1) is 18.5. The predicted octanol–water partition coefficient (Wildman–Crippen LogP) is 3.40. The molecule has 1 heterocycles. The number of aliphatic carboxylic acids is 1. The lowest BCUT2D eigenvalue weighted by Crippen LogP contribution is -2.47. The molecule has 1 amide bonds. The third-order valence-corrected chi connectivity index (χ3v) is 5.62. The molecule has 28 heavy (non-hydrogen) atoms. The molecule has 1 atom stereocenters. The highest BCUT2D eigenvalue weighted by atomic mass is 16.5. The van der Waals surface area contributed by atoms with E-state index in [2.05, 4.69) is 17.4 Å². The Bertz CT molecular complexity index is 829. The van der Waals surface area contributed by atoms with Gasteiger partial charge in [-0.25, -0.2) is 9.59 Å². The summed E-state index contributed by atoms with van der Waals surface area (Å²) < 4.78 is 10.7. The van der Waals surface area contributed by atoms with Crippen LogP contribution in [0.15, 0.2) is 48.5 Å². The Balaban J connectivity index is 1.44. The predicted molar refractivity (Wildman–Crippen MR) is 103 cm³/mol. The van der Waals surface area contributed by atoms with Crippen molar-refractivity contribution in [1.29, 1.82) is 0 Å². The number of nitrogens with one attached hydrogen (secondary N) is 1. The fraction of sp³-hybridized carbons (Fsp3) is 0.364. The first-order valence-electron chi connectivity index (χ1n) is 9.57. The Hall–Kier alpha value is -2.86. The Kier molecular flexibility index (Phi) is 5.30. The summed E-state index contributed by atoms with van der Waals surface area (Å²) in [7, 11) is 0. The van der Waals surface area contributed by atoms with Crippen LogP contribution in [-0.2, 0) is 14.3 Å². The normalized spacial score (nSPS) is 17.4. The lowest BCUT2D eigenvalue weighted by molar-refractivity contribution is -0.141. The van der Waals surface area contributed by atoms with Gasteiger partial charge >= 0.3 is 12.1 Å². The minimum atomic E-state index is -1.04. The topological polar surface area (TPSA) is 84.9 Å². The molecule has 2 aromatic carbocycles. The highest BCUT2D eigenvalue weighted by Gasteiger charge is 2.33. The number of hydrogen-bond donors (Lipinski definition) is 2. The minimum absolute atomic E-state index is 0.0514. The second kappa shape index (κ2) is 8.02. The van der Waals surface area contributed by atoms with E-state index in [1.807, 2.05) is 36.4 Å². The smallest absolute Gasteiger partial charge is 0.407 e. The van der Waals surface area contributed by atoms with Crippen LogP contribution in [0.3, 0.4) is 0 Å². The van der Waals surface area contributed by atoms with Crippen molar-refractivity contribution in [3.63, 3.8) is 0 Å². The molecule has 2 N–H and O–H groups in total. The summed E-state index contributed by atoms with van der Waals surface area (Å²) in [4.78, 5) is 24.0. The van der Waals surface area contributed by atoms with E-state index in [1.165, 1.54) is 0 Å². The van der Waals surface area contributed by atoms with Crippen LogP contribution in [-0.4, -0.2) is 43.0 Å². The number of hydrogen-bond acceptors (Lipinski definition) is 4. The number of carboxylic acid groups (broad SMARTS) is 1. The lowest BCUT2D eigenvalue weighted by atomic mass is 9.92. The third-order valence-electron chi connectivity index (χ3n) is 5.62. The van der Waals surface area contributed by atoms with Crippen LogP contribution in [0.2, 0.25) is 0 Å². The van der Waals surface area contributed by atoms with E-state index in [0.717, 1.165) is 22.3 Å². The molecule has 6 nitrogen and oxygen atoms in total. The van der Waals surface area contributed by atoms with Gasteiger partial charge in [0.25, 0.3) is 0 Å². The van der Waals surface area contributed by atoms with Crippen molar-refractivity contribution in [3.8, 4) is 11.1 Å². The molecule has 0 unspecified atom stereocenters. The van der Waals surface area contributed by atoms with Crippen molar-refractivity contribution in [1.82, 2.24) is 5.32 Å². The molecule has 0 spiro atoms. The second-order valence-electron chi connectivity index (χ2n) is 7.24. The van der Waals surface area contributed by atoms with Gasteiger partial charge < -0.3 is 19.9 Å². The van der Waals surface area contributed by atoms with E-state index < -0.39 is 18.1 Å². The summed E-state index contributed by atoms with van der Waals surface area (Å²) in [5.74, 6) is -1.24. The number of alkyl carbamates (subject to hydrolysis) is 1. The molecule has 2 aromatic rings.